The Bertz CT molecular complexity index is 316. The Morgan fingerprint density at radius 2 is 2.25 bits per heavy atom. The molecule has 0 aliphatic carbocycles. The van der Waals surface area contributed by atoms with E-state index < -0.39 is 18.1 Å². The summed E-state index contributed by atoms with van der Waals surface area (Å²) in [6.07, 6.45) is -0.359. The molecule has 0 aromatic carbocycles. The Morgan fingerprint density at radius 3 is 2.75 bits per heavy atom. The molecule has 1 heterocycles. The molecule has 0 unspecified atom stereocenters. The summed E-state index contributed by atoms with van der Waals surface area (Å²) in [5.74, 6) is -0.817. The summed E-state index contributed by atoms with van der Waals surface area (Å²) in [7, 11) is 0. The minimum absolute atomic E-state index is 0.198. The van der Waals surface area contributed by atoms with Crippen LogP contribution in [0.25, 0.3) is 0 Å². The summed E-state index contributed by atoms with van der Waals surface area (Å²) in [6, 6.07) is -0.868. The van der Waals surface area contributed by atoms with E-state index in [4.69, 9.17) is 22.1 Å². The summed E-state index contributed by atoms with van der Waals surface area (Å²) < 4.78 is 4.98. The van der Waals surface area contributed by atoms with Gasteiger partial charge in [-0.2, -0.15) is 0 Å². The van der Waals surface area contributed by atoms with Crippen molar-refractivity contribution in [1.82, 2.24) is 4.90 Å². The number of ether oxygens (including phenoxy) is 1. The van der Waals surface area contributed by atoms with Gasteiger partial charge in [0.05, 0.1) is 13.2 Å². The maximum absolute atomic E-state index is 11.6. The van der Waals surface area contributed by atoms with E-state index in [0.717, 1.165) is 0 Å². The maximum atomic E-state index is 11.6. The van der Waals surface area contributed by atoms with E-state index in [-0.39, 0.29) is 25.5 Å². The van der Waals surface area contributed by atoms with Gasteiger partial charge in [0.25, 0.3) is 0 Å². The number of likely N-dealkylation sites (tertiary alicyclic amines) is 1. The molecule has 1 rings (SSSR count). The third kappa shape index (κ3) is 3.16. The van der Waals surface area contributed by atoms with Gasteiger partial charge in [-0.3, -0.25) is 4.90 Å². The fourth-order valence-corrected chi connectivity index (χ4v) is 1.72. The van der Waals surface area contributed by atoms with E-state index in [1.165, 1.54) is 4.90 Å². The SMILES string of the molecule is CC(C)COC(=O)N1CC(=S)C[C@H]1C(=O)O. The lowest BCUT2D eigenvalue weighted by molar-refractivity contribution is -0.141. The Morgan fingerprint density at radius 1 is 1.62 bits per heavy atom. The fourth-order valence-electron chi connectivity index (χ4n) is 1.42. The molecular weight excluding hydrogens is 230 g/mol. The molecule has 0 spiro atoms. The lowest BCUT2D eigenvalue weighted by atomic mass is 10.2. The topological polar surface area (TPSA) is 66.8 Å². The number of aliphatic carboxylic acids is 1. The van der Waals surface area contributed by atoms with Crippen LogP contribution in [0, 0.1) is 5.92 Å². The lowest BCUT2D eigenvalue weighted by Crippen LogP contribution is -2.41. The molecule has 5 nitrogen and oxygen atoms in total. The zero-order valence-corrected chi connectivity index (χ0v) is 10.1. The molecule has 16 heavy (non-hydrogen) atoms. The Balaban J connectivity index is 2.60. The van der Waals surface area contributed by atoms with Gasteiger partial charge in [0.1, 0.15) is 6.04 Å². The van der Waals surface area contributed by atoms with Crippen LogP contribution in [0.15, 0.2) is 0 Å². The van der Waals surface area contributed by atoms with E-state index >= 15 is 0 Å². The minimum Gasteiger partial charge on any atom is -0.480 e. The van der Waals surface area contributed by atoms with E-state index in [2.05, 4.69) is 0 Å². The van der Waals surface area contributed by atoms with E-state index in [1.807, 2.05) is 13.8 Å². The number of thiocarbonyl (C=S) groups is 1. The minimum atomic E-state index is -1.04. The van der Waals surface area contributed by atoms with Gasteiger partial charge < -0.3 is 9.84 Å². The number of carbonyl (C=O) groups is 2. The Labute approximate surface area is 99.4 Å². The Hall–Kier alpha value is -1.17. The summed E-state index contributed by atoms with van der Waals surface area (Å²) in [5, 5.41) is 8.92. The predicted molar refractivity (Wildman–Crippen MR) is 61.5 cm³/mol. The molecule has 0 radical (unpaired) electrons. The molecule has 0 bridgehead atoms. The molecule has 0 aromatic heterocycles. The summed E-state index contributed by atoms with van der Waals surface area (Å²) in [5.41, 5.74) is 0. The van der Waals surface area contributed by atoms with Crippen molar-refractivity contribution in [2.45, 2.75) is 26.3 Å². The molecule has 1 aliphatic rings. The van der Waals surface area contributed by atoms with Crippen molar-refractivity contribution in [3.63, 3.8) is 0 Å². The van der Waals surface area contributed by atoms with Crippen molar-refractivity contribution in [2.75, 3.05) is 13.2 Å². The average Bonchev–Trinajstić information content (AvgIpc) is 2.56. The third-order valence-electron chi connectivity index (χ3n) is 2.20. The van der Waals surface area contributed by atoms with E-state index in [1.54, 1.807) is 0 Å². The molecule has 1 N–H and O–H groups in total. The predicted octanol–water partition coefficient (Wildman–Crippen LogP) is 1.31. The van der Waals surface area contributed by atoms with Crippen molar-refractivity contribution in [3.05, 3.63) is 0 Å². The van der Waals surface area contributed by atoms with Crippen molar-refractivity contribution in [2.24, 2.45) is 5.92 Å². The molecule has 0 aromatic rings. The first-order valence-corrected chi connectivity index (χ1v) is 5.50. The first kappa shape index (κ1) is 12.9. The van der Waals surface area contributed by atoms with Gasteiger partial charge in [0.15, 0.2) is 0 Å². The standard InChI is InChI=1S/C10H15NO4S/c1-6(2)5-15-10(14)11-4-7(16)3-8(11)9(12)13/h6,8H,3-5H2,1-2H3,(H,12,13)/t8-/m0/s1. The van der Waals surface area contributed by atoms with Crippen LogP contribution in [0.5, 0.6) is 0 Å². The zero-order chi connectivity index (χ0) is 12.3. The van der Waals surface area contributed by atoms with Crippen LogP contribution in [0.3, 0.4) is 0 Å². The van der Waals surface area contributed by atoms with E-state index in [9.17, 15) is 9.59 Å². The van der Waals surface area contributed by atoms with Gasteiger partial charge in [-0.1, -0.05) is 26.1 Å². The van der Waals surface area contributed by atoms with Crippen molar-refractivity contribution < 1.29 is 19.4 Å². The molecule has 1 saturated heterocycles. The first-order valence-electron chi connectivity index (χ1n) is 5.09. The number of amides is 1. The second kappa shape index (κ2) is 5.25. The monoisotopic (exact) mass is 245 g/mol. The largest absolute Gasteiger partial charge is 0.480 e. The van der Waals surface area contributed by atoms with Crippen LogP contribution in [-0.4, -0.2) is 46.1 Å². The molecule has 90 valence electrons. The zero-order valence-electron chi connectivity index (χ0n) is 9.30. The number of carboxylic acids is 1. The van der Waals surface area contributed by atoms with Crippen LogP contribution in [-0.2, 0) is 9.53 Å². The van der Waals surface area contributed by atoms with E-state index in [0.29, 0.717) is 4.86 Å². The van der Waals surface area contributed by atoms with Gasteiger partial charge in [-0.25, -0.2) is 9.59 Å². The van der Waals surface area contributed by atoms with Gasteiger partial charge >= 0.3 is 12.1 Å². The molecule has 1 fully saturated rings. The highest BCUT2D eigenvalue weighted by Gasteiger charge is 2.37. The number of hydrogen-bond acceptors (Lipinski definition) is 4. The first-order chi connectivity index (χ1) is 7.41. The normalized spacial score (nSPS) is 20.3. The van der Waals surface area contributed by atoms with Gasteiger partial charge in [0, 0.05) is 11.3 Å². The number of hydrogen-bond donors (Lipinski definition) is 1. The van der Waals surface area contributed by atoms with Crippen LogP contribution < -0.4 is 0 Å². The fraction of sp³-hybridized carbons (Fsp3) is 0.700. The number of carbonyl (C=O) groups excluding carboxylic acids is 1. The number of nitrogens with zero attached hydrogens (tertiary/aromatic N) is 1. The highest BCUT2D eigenvalue weighted by molar-refractivity contribution is 7.80. The van der Waals surface area contributed by atoms with Crippen molar-refractivity contribution in [3.8, 4) is 0 Å². The summed E-state index contributed by atoms with van der Waals surface area (Å²) >= 11 is 4.93. The van der Waals surface area contributed by atoms with Crippen LogP contribution >= 0.6 is 12.2 Å². The summed E-state index contributed by atoms with van der Waals surface area (Å²) in [6.45, 7) is 4.31. The molecular formula is C10H15NO4S. The van der Waals surface area contributed by atoms with Crippen molar-refractivity contribution in [1.29, 1.82) is 0 Å². The molecule has 0 saturated carbocycles. The second-order valence-electron chi connectivity index (χ2n) is 4.20. The van der Waals surface area contributed by atoms with Crippen LogP contribution in [0.4, 0.5) is 4.79 Å². The smallest absolute Gasteiger partial charge is 0.410 e. The Kier molecular flexibility index (Phi) is 4.23. The quantitative estimate of drug-likeness (QED) is 0.759. The molecule has 1 aliphatic heterocycles. The molecule has 1 amide bonds. The van der Waals surface area contributed by atoms with Gasteiger partial charge in [-0.15, -0.1) is 0 Å². The average molecular weight is 245 g/mol. The highest BCUT2D eigenvalue weighted by atomic mass is 32.1. The molecule has 6 heteroatoms. The van der Waals surface area contributed by atoms with Crippen LogP contribution in [0.2, 0.25) is 0 Å². The maximum Gasteiger partial charge on any atom is 0.410 e. The summed E-state index contributed by atoms with van der Waals surface area (Å²) in [4.78, 5) is 24.2. The number of carboxylic acid groups (broad SMARTS) is 1. The van der Waals surface area contributed by atoms with Gasteiger partial charge in [-0.05, 0) is 5.92 Å². The number of rotatable bonds is 3. The second-order valence-corrected chi connectivity index (χ2v) is 4.77. The molecule has 1 atom stereocenters. The lowest BCUT2D eigenvalue weighted by Gasteiger charge is -2.20. The third-order valence-corrected chi connectivity index (χ3v) is 2.50. The van der Waals surface area contributed by atoms with Gasteiger partial charge in [0.2, 0.25) is 0 Å². The highest BCUT2D eigenvalue weighted by Crippen LogP contribution is 2.17. The van der Waals surface area contributed by atoms with Crippen molar-refractivity contribution >= 4 is 29.1 Å². The van der Waals surface area contributed by atoms with Crippen LogP contribution in [0.1, 0.15) is 20.3 Å².